The van der Waals surface area contributed by atoms with Crippen molar-refractivity contribution in [2.45, 2.75) is 26.8 Å². The minimum atomic E-state index is -0.169. The van der Waals surface area contributed by atoms with Gasteiger partial charge in [-0.2, -0.15) is 5.10 Å². The highest BCUT2D eigenvalue weighted by molar-refractivity contribution is 5.96. The van der Waals surface area contributed by atoms with Crippen molar-refractivity contribution in [2.75, 3.05) is 0 Å². The Morgan fingerprint density at radius 2 is 1.79 bits per heavy atom. The number of nitrogens with one attached hydrogen (secondary N) is 1. The van der Waals surface area contributed by atoms with Gasteiger partial charge in [0.05, 0.1) is 34.4 Å². The van der Waals surface area contributed by atoms with Gasteiger partial charge in [0.25, 0.3) is 5.91 Å². The lowest BCUT2D eigenvalue weighted by atomic mass is 10.1. The molecular weight excluding hydrogens is 300 g/mol. The van der Waals surface area contributed by atoms with Gasteiger partial charge in [-0.25, -0.2) is 4.68 Å². The number of para-hydroxylation sites is 1. The maximum absolute atomic E-state index is 12.7. The van der Waals surface area contributed by atoms with Crippen LogP contribution in [-0.4, -0.2) is 20.7 Å². The third kappa shape index (κ3) is 3.06. The Kier molecular flexibility index (Phi) is 4.42. The van der Waals surface area contributed by atoms with Gasteiger partial charge in [-0.15, -0.1) is 0 Å². The van der Waals surface area contributed by atoms with Crippen molar-refractivity contribution in [1.29, 1.82) is 0 Å². The van der Waals surface area contributed by atoms with E-state index in [2.05, 4.69) is 15.4 Å². The molecule has 1 N–H and O–H groups in total. The van der Waals surface area contributed by atoms with Crippen molar-refractivity contribution in [1.82, 2.24) is 20.1 Å². The number of aryl methyl sites for hydroxylation is 1. The number of carbonyl (C=O) groups excluding carboxylic acids is 1. The summed E-state index contributed by atoms with van der Waals surface area (Å²) in [7, 11) is 0. The lowest BCUT2D eigenvalue weighted by molar-refractivity contribution is 0.0938. The van der Waals surface area contributed by atoms with Gasteiger partial charge in [-0.3, -0.25) is 9.78 Å². The Hall–Kier alpha value is -2.95. The minimum absolute atomic E-state index is 0.134. The van der Waals surface area contributed by atoms with Crippen LogP contribution in [0.3, 0.4) is 0 Å². The molecule has 1 aromatic carbocycles. The van der Waals surface area contributed by atoms with E-state index in [4.69, 9.17) is 0 Å². The first-order chi connectivity index (χ1) is 11.6. The van der Waals surface area contributed by atoms with Crippen LogP contribution in [0.5, 0.6) is 0 Å². The summed E-state index contributed by atoms with van der Waals surface area (Å²) in [6.07, 6.45) is 1.72. The number of carbonyl (C=O) groups is 1. The van der Waals surface area contributed by atoms with Crippen LogP contribution in [0.1, 0.15) is 40.4 Å². The lowest BCUT2D eigenvalue weighted by Crippen LogP contribution is -2.28. The fraction of sp³-hybridized carbons (Fsp3) is 0.211. The molecule has 0 saturated carbocycles. The van der Waals surface area contributed by atoms with E-state index in [-0.39, 0.29) is 11.9 Å². The van der Waals surface area contributed by atoms with E-state index in [1.807, 2.05) is 69.3 Å². The average Bonchev–Trinajstić information content (AvgIpc) is 2.91. The third-order valence-electron chi connectivity index (χ3n) is 4.00. The average molecular weight is 320 g/mol. The molecule has 0 aliphatic heterocycles. The molecule has 3 rings (SSSR count). The van der Waals surface area contributed by atoms with E-state index in [1.54, 1.807) is 10.9 Å². The second-order valence-corrected chi connectivity index (χ2v) is 5.74. The van der Waals surface area contributed by atoms with Gasteiger partial charge >= 0.3 is 0 Å². The number of hydrogen-bond acceptors (Lipinski definition) is 3. The van der Waals surface area contributed by atoms with Crippen LogP contribution < -0.4 is 5.32 Å². The molecular formula is C19H20N4O. The molecule has 2 heterocycles. The van der Waals surface area contributed by atoms with E-state index in [9.17, 15) is 4.79 Å². The largest absolute Gasteiger partial charge is 0.344 e. The summed E-state index contributed by atoms with van der Waals surface area (Å²) in [5.74, 6) is -0.134. The molecule has 0 spiro atoms. The lowest BCUT2D eigenvalue weighted by Gasteiger charge is -2.13. The summed E-state index contributed by atoms with van der Waals surface area (Å²) in [5, 5.41) is 7.53. The standard InChI is InChI=1S/C19H20N4O/c1-13(17-11-7-8-12-20-17)21-19(24)18-14(2)22-23(15(18)3)16-9-5-4-6-10-16/h4-13H,1-3H3,(H,21,24). The Labute approximate surface area is 141 Å². The quantitative estimate of drug-likeness (QED) is 0.802. The van der Waals surface area contributed by atoms with Crippen molar-refractivity contribution >= 4 is 5.91 Å². The molecule has 0 saturated heterocycles. The second-order valence-electron chi connectivity index (χ2n) is 5.74. The van der Waals surface area contributed by atoms with Gasteiger partial charge in [0.2, 0.25) is 0 Å². The summed E-state index contributed by atoms with van der Waals surface area (Å²) >= 11 is 0. The molecule has 1 amide bonds. The van der Waals surface area contributed by atoms with Crippen LogP contribution in [-0.2, 0) is 0 Å². The Bertz CT molecular complexity index is 841. The normalized spacial score (nSPS) is 12.0. The van der Waals surface area contributed by atoms with Gasteiger partial charge < -0.3 is 5.32 Å². The molecule has 1 atom stereocenters. The van der Waals surface area contributed by atoms with E-state index < -0.39 is 0 Å². The topological polar surface area (TPSA) is 59.8 Å². The van der Waals surface area contributed by atoms with E-state index in [1.165, 1.54) is 0 Å². The van der Waals surface area contributed by atoms with Gasteiger partial charge in [0, 0.05) is 6.20 Å². The number of pyridine rings is 1. The molecule has 0 aliphatic carbocycles. The minimum Gasteiger partial charge on any atom is -0.344 e. The zero-order chi connectivity index (χ0) is 17.1. The predicted octanol–water partition coefficient (Wildman–Crippen LogP) is 3.38. The number of aromatic nitrogens is 3. The van der Waals surface area contributed by atoms with Crippen LogP contribution in [0.25, 0.3) is 5.69 Å². The Balaban J connectivity index is 1.87. The molecule has 0 radical (unpaired) electrons. The van der Waals surface area contributed by atoms with Crippen LogP contribution in [0.2, 0.25) is 0 Å². The van der Waals surface area contributed by atoms with Crippen molar-refractivity contribution < 1.29 is 4.79 Å². The zero-order valence-electron chi connectivity index (χ0n) is 14.0. The summed E-state index contributed by atoms with van der Waals surface area (Å²) in [5.41, 5.74) is 3.92. The second kappa shape index (κ2) is 6.66. The molecule has 0 fully saturated rings. The van der Waals surface area contributed by atoms with Gasteiger partial charge in [-0.1, -0.05) is 24.3 Å². The molecule has 24 heavy (non-hydrogen) atoms. The molecule has 0 aliphatic rings. The summed E-state index contributed by atoms with van der Waals surface area (Å²) < 4.78 is 1.80. The van der Waals surface area contributed by atoms with Gasteiger partial charge in [-0.05, 0) is 45.0 Å². The number of amides is 1. The summed E-state index contributed by atoms with van der Waals surface area (Å²) in [6, 6.07) is 15.3. The van der Waals surface area contributed by atoms with Crippen molar-refractivity contribution in [3.8, 4) is 5.69 Å². The fourth-order valence-corrected chi connectivity index (χ4v) is 2.77. The monoisotopic (exact) mass is 320 g/mol. The van der Waals surface area contributed by atoms with Crippen molar-refractivity contribution in [3.05, 3.63) is 77.4 Å². The van der Waals surface area contributed by atoms with E-state index in [0.717, 1.165) is 17.1 Å². The van der Waals surface area contributed by atoms with Gasteiger partial charge in [0.1, 0.15) is 0 Å². The van der Waals surface area contributed by atoms with Gasteiger partial charge in [0.15, 0.2) is 0 Å². The smallest absolute Gasteiger partial charge is 0.255 e. The highest BCUT2D eigenvalue weighted by Gasteiger charge is 2.21. The predicted molar refractivity (Wildman–Crippen MR) is 93.2 cm³/mol. The Morgan fingerprint density at radius 1 is 1.08 bits per heavy atom. The maximum atomic E-state index is 12.7. The molecule has 1 unspecified atom stereocenters. The molecule has 3 aromatic rings. The number of hydrogen-bond donors (Lipinski definition) is 1. The van der Waals surface area contributed by atoms with Crippen molar-refractivity contribution in [3.63, 3.8) is 0 Å². The highest BCUT2D eigenvalue weighted by Crippen LogP contribution is 2.19. The number of benzene rings is 1. The fourth-order valence-electron chi connectivity index (χ4n) is 2.77. The SMILES string of the molecule is Cc1nn(-c2ccccc2)c(C)c1C(=O)NC(C)c1ccccn1. The van der Waals surface area contributed by atoms with E-state index >= 15 is 0 Å². The first-order valence-electron chi connectivity index (χ1n) is 7.91. The van der Waals surface area contributed by atoms with Crippen LogP contribution >= 0.6 is 0 Å². The van der Waals surface area contributed by atoms with Crippen LogP contribution in [0.4, 0.5) is 0 Å². The molecule has 5 nitrogen and oxygen atoms in total. The molecule has 5 heteroatoms. The Morgan fingerprint density at radius 3 is 2.46 bits per heavy atom. The summed E-state index contributed by atoms with van der Waals surface area (Å²) in [6.45, 7) is 5.69. The highest BCUT2D eigenvalue weighted by atomic mass is 16.1. The molecule has 122 valence electrons. The van der Waals surface area contributed by atoms with Crippen LogP contribution in [0, 0.1) is 13.8 Å². The van der Waals surface area contributed by atoms with E-state index in [0.29, 0.717) is 11.3 Å². The molecule has 2 aromatic heterocycles. The summed E-state index contributed by atoms with van der Waals surface area (Å²) in [4.78, 5) is 17.0. The first kappa shape index (κ1) is 15.9. The number of rotatable bonds is 4. The number of nitrogens with zero attached hydrogens (tertiary/aromatic N) is 3. The van der Waals surface area contributed by atoms with Crippen molar-refractivity contribution in [2.24, 2.45) is 0 Å². The van der Waals surface area contributed by atoms with Crippen LogP contribution in [0.15, 0.2) is 54.7 Å². The first-order valence-corrected chi connectivity index (χ1v) is 7.91. The molecule has 0 bridgehead atoms. The maximum Gasteiger partial charge on any atom is 0.255 e. The third-order valence-corrected chi connectivity index (χ3v) is 4.00. The zero-order valence-corrected chi connectivity index (χ0v) is 14.0.